The average Bonchev–Trinajstić information content (AvgIpc) is 2.91. The zero-order valence-electron chi connectivity index (χ0n) is 12.3. The van der Waals surface area contributed by atoms with Gasteiger partial charge in [0.1, 0.15) is 5.69 Å². The van der Waals surface area contributed by atoms with E-state index in [-0.39, 0.29) is 24.0 Å². The van der Waals surface area contributed by atoms with E-state index in [0.717, 1.165) is 12.1 Å². The van der Waals surface area contributed by atoms with Gasteiger partial charge in [-0.05, 0) is 19.4 Å². The number of aromatic amines is 1. The van der Waals surface area contributed by atoms with Crippen LogP contribution in [0.25, 0.3) is 0 Å². The van der Waals surface area contributed by atoms with Crippen molar-refractivity contribution in [3.63, 3.8) is 0 Å². The van der Waals surface area contributed by atoms with Crippen molar-refractivity contribution in [3.05, 3.63) is 17.5 Å². The second-order valence-electron chi connectivity index (χ2n) is 5.67. The molecule has 0 radical (unpaired) electrons. The summed E-state index contributed by atoms with van der Waals surface area (Å²) in [5, 5.41) is 6.81. The summed E-state index contributed by atoms with van der Waals surface area (Å²) in [7, 11) is 0. The molecule has 21 heavy (non-hydrogen) atoms. The molecule has 0 unspecified atom stereocenters. The van der Waals surface area contributed by atoms with E-state index in [2.05, 4.69) is 10.2 Å². The molecule has 0 saturated carbocycles. The highest BCUT2D eigenvalue weighted by Gasteiger charge is 2.39. The van der Waals surface area contributed by atoms with Crippen molar-refractivity contribution in [2.75, 3.05) is 26.2 Å². The molecular formula is C14H20N4O3. The lowest BCUT2D eigenvalue weighted by molar-refractivity contribution is -0.149. The van der Waals surface area contributed by atoms with Crippen molar-refractivity contribution >= 4 is 11.8 Å². The molecule has 7 heteroatoms. The third-order valence-electron chi connectivity index (χ3n) is 4.20. The van der Waals surface area contributed by atoms with Gasteiger partial charge in [-0.2, -0.15) is 5.10 Å². The van der Waals surface area contributed by atoms with Gasteiger partial charge in [-0.3, -0.25) is 14.7 Å². The summed E-state index contributed by atoms with van der Waals surface area (Å²) in [6.45, 7) is 5.75. The van der Waals surface area contributed by atoms with Crippen molar-refractivity contribution in [2.24, 2.45) is 0 Å². The van der Waals surface area contributed by atoms with Gasteiger partial charge in [-0.15, -0.1) is 0 Å². The summed E-state index contributed by atoms with van der Waals surface area (Å²) in [5.41, 5.74) is 1.29. The Balaban J connectivity index is 1.74. The van der Waals surface area contributed by atoms with Crippen LogP contribution in [-0.4, -0.2) is 70.2 Å². The molecular weight excluding hydrogens is 272 g/mol. The summed E-state index contributed by atoms with van der Waals surface area (Å²) >= 11 is 0. The number of hydrogen-bond acceptors (Lipinski definition) is 4. The van der Waals surface area contributed by atoms with Crippen LogP contribution in [0.2, 0.25) is 0 Å². The number of hydrogen-bond donors (Lipinski definition) is 1. The van der Waals surface area contributed by atoms with Crippen LogP contribution in [-0.2, 0) is 9.53 Å². The average molecular weight is 292 g/mol. The fourth-order valence-electron chi connectivity index (χ4n) is 3.14. The van der Waals surface area contributed by atoms with Gasteiger partial charge in [0.2, 0.25) is 5.91 Å². The van der Waals surface area contributed by atoms with E-state index in [4.69, 9.17) is 4.74 Å². The Labute approximate surface area is 123 Å². The van der Waals surface area contributed by atoms with Crippen LogP contribution in [0, 0.1) is 6.92 Å². The van der Waals surface area contributed by atoms with Gasteiger partial charge < -0.3 is 14.5 Å². The summed E-state index contributed by atoms with van der Waals surface area (Å²) in [6, 6.07) is 1.70. The molecule has 0 aliphatic carbocycles. The predicted molar refractivity (Wildman–Crippen MR) is 74.8 cm³/mol. The summed E-state index contributed by atoms with van der Waals surface area (Å²) in [4.78, 5) is 27.8. The molecule has 0 spiro atoms. The Hall–Kier alpha value is -1.89. The molecule has 0 aromatic carbocycles. The van der Waals surface area contributed by atoms with Gasteiger partial charge in [0.05, 0.1) is 18.8 Å². The van der Waals surface area contributed by atoms with Gasteiger partial charge in [0, 0.05) is 32.3 Å². The molecule has 1 N–H and O–H groups in total. The molecule has 3 heterocycles. The van der Waals surface area contributed by atoms with E-state index in [1.165, 1.54) is 0 Å². The number of H-pyrrole nitrogens is 1. The molecule has 2 amide bonds. The Morgan fingerprint density at radius 1 is 1.43 bits per heavy atom. The van der Waals surface area contributed by atoms with E-state index in [0.29, 0.717) is 31.9 Å². The molecule has 2 atom stereocenters. The smallest absolute Gasteiger partial charge is 0.274 e. The molecule has 2 aliphatic heterocycles. The zero-order chi connectivity index (χ0) is 15.0. The van der Waals surface area contributed by atoms with E-state index in [1.807, 2.05) is 11.8 Å². The van der Waals surface area contributed by atoms with E-state index in [9.17, 15) is 9.59 Å². The number of nitrogens with one attached hydrogen (secondary N) is 1. The first-order valence-electron chi connectivity index (χ1n) is 7.26. The number of carbonyl (C=O) groups is 2. The summed E-state index contributed by atoms with van der Waals surface area (Å²) < 4.78 is 5.75. The third-order valence-corrected chi connectivity index (χ3v) is 4.20. The van der Waals surface area contributed by atoms with Crippen LogP contribution in [0.5, 0.6) is 0 Å². The van der Waals surface area contributed by atoms with Crippen LogP contribution >= 0.6 is 0 Å². The number of amides is 2. The lowest BCUT2D eigenvalue weighted by Gasteiger charge is -2.46. The first kappa shape index (κ1) is 14.1. The van der Waals surface area contributed by atoms with E-state index >= 15 is 0 Å². The van der Waals surface area contributed by atoms with Crippen molar-refractivity contribution in [1.29, 1.82) is 0 Å². The Morgan fingerprint density at radius 3 is 2.90 bits per heavy atom. The number of likely N-dealkylation sites (tertiary alicyclic amines) is 1. The molecule has 2 saturated heterocycles. The minimum Gasteiger partial charge on any atom is -0.374 e. The van der Waals surface area contributed by atoms with Gasteiger partial charge >= 0.3 is 0 Å². The van der Waals surface area contributed by atoms with Crippen LogP contribution in [0.3, 0.4) is 0 Å². The SMILES string of the molecule is CC(=O)N1CCO[C@@H]2CCN(C(=O)c3cc(C)[nH]n3)C[C@H]21. The molecule has 3 rings (SSSR count). The number of morpholine rings is 1. The van der Waals surface area contributed by atoms with E-state index < -0.39 is 0 Å². The fourth-order valence-corrected chi connectivity index (χ4v) is 3.14. The monoisotopic (exact) mass is 292 g/mol. The second kappa shape index (κ2) is 5.48. The lowest BCUT2D eigenvalue weighted by Crippen LogP contribution is -2.61. The Kier molecular flexibility index (Phi) is 3.67. The van der Waals surface area contributed by atoms with Crippen LogP contribution in [0.15, 0.2) is 6.07 Å². The van der Waals surface area contributed by atoms with Crippen molar-refractivity contribution < 1.29 is 14.3 Å². The second-order valence-corrected chi connectivity index (χ2v) is 5.67. The van der Waals surface area contributed by atoms with Gasteiger partial charge in [0.15, 0.2) is 0 Å². The number of piperidine rings is 1. The summed E-state index contributed by atoms with van der Waals surface area (Å²) in [5.74, 6) is -0.0508. The predicted octanol–water partition coefficient (Wildman–Crippen LogP) is 0.180. The quantitative estimate of drug-likeness (QED) is 0.801. The first-order valence-corrected chi connectivity index (χ1v) is 7.26. The highest BCUT2D eigenvalue weighted by Crippen LogP contribution is 2.24. The minimum absolute atomic E-state index is 0.0348. The largest absolute Gasteiger partial charge is 0.374 e. The van der Waals surface area contributed by atoms with Crippen LogP contribution in [0.1, 0.15) is 29.5 Å². The molecule has 0 bridgehead atoms. The maximum absolute atomic E-state index is 12.5. The third kappa shape index (κ3) is 2.65. The number of carbonyl (C=O) groups excluding carboxylic acids is 2. The van der Waals surface area contributed by atoms with Crippen molar-refractivity contribution in [1.82, 2.24) is 20.0 Å². The normalized spacial score (nSPS) is 25.6. The zero-order valence-corrected chi connectivity index (χ0v) is 12.3. The minimum atomic E-state index is -0.0909. The Morgan fingerprint density at radius 2 is 2.24 bits per heavy atom. The topological polar surface area (TPSA) is 78.5 Å². The standard InChI is InChI=1S/C14H20N4O3/c1-9-7-11(16-15-9)14(20)17-4-3-13-12(8-17)18(10(2)19)5-6-21-13/h7,12-13H,3-6,8H2,1-2H3,(H,15,16)/t12-,13-/m1/s1. The first-order chi connectivity index (χ1) is 10.1. The van der Waals surface area contributed by atoms with Crippen molar-refractivity contribution in [2.45, 2.75) is 32.4 Å². The molecule has 7 nitrogen and oxygen atoms in total. The van der Waals surface area contributed by atoms with Crippen LogP contribution in [0.4, 0.5) is 0 Å². The number of fused-ring (bicyclic) bond motifs is 1. The molecule has 1 aromatic rings. The number of aromatic nitrogens is 2. The maximum Gasteiger partial charge on any atom is 0.274 e. The number of aryl methyl sites for hydroxylation is 1. The van der Waals surface area contributed by atoms with Gasteiger partial charge in [-0.25, -0.2) is 0 Å². The van der Waals surface area contributed by atoms with Gasteiger partial charge in [0.25, 0.3) is 5.91 Å². The maximum atomic E-state index is 12.5. The molecule has 114 valence electrons. The molecule has 1 aromatic heterocycles. The molecule has 2 fully saturated rings. The van der Waals surface area contributed by atoms with Gasteiger partial charge in [-0.1, -0.05) is 0 Å². The number of rotatable bonds is 1. The lowest BCUT2D eigenvalue weighted by atomic mass is 9.98. The molecule has 2 aliphatic rings. The highest BCUT2D eigenvalue weighted by atomic mass is 16.5. The number of nitrogens with zero attached hydrogens (tertiary/aromatic N) is 3. The van der Waals surface area contributed by atoms with Crippen molar-refractivity contribution in [3.8, 4) is 0 Å². The van der Waals surface area contributed by atoms with Crippen LogP contribution < -0.4 is 0 Å². The van der Waals surface area contributed by atoms with E-state index in [1.54, 1.807) is 17.9 Å². The highest BCUT2D eigenvalue weighted by molar-refractivity contribution is 5.92. The number of ether oxygens (including phenoxy) is 1. The Bertz CT molecular complexity index is 556. The summed E-state index contributed by atoms with van der Waals surface area (Å²) in [6.07, 6.45) is 0.788. The fraction of sp³-hybridized carbons (Fsp3) is 0.643.